The number of rotatable bonds is 3. The highest BCUT2D eigenvalue weighted by atomic mass is 32.1. The van der Waals surface area contributed by atoms with E-state index in [1.807, 2.05) is 11.3 Å². The highest BCUT2D eigenvalue weighted by Gasteiger charge is 2.38. The summed E-state index contributed by atoms with van der Waals surface area (Å²) in [5.41, 5.74) is 18.7. The van der Waals surface area contributed by atoms with Crippen LogP contribution >= 0.6 is 11.3 Å². The first kappa shape index (κ1) is 35.0. The van der Waals surface area contributed by atoms with E-state index in [0.29, 0.717) is 0 Å². The van der Waals surface area contributed by atoms with Crippen molar-refractivity contribution in [1.29, 1.82) is 0 Å². The Morgan fingerprint density at radius 3 is 1.54 bits per heavy atom. The topological polar surface area (TPSA) is 0 Å². The van der Waals surface area contributed by atoms with Gasteiger partial charge in [-0.15, -0.1) is 11.3 Å². The zero-order valence-electron chi connectivity index (χ0n) is 34.7. The van der Waals surface area contributed by atoms with Crippen LogP contribution in [-0.2, 0) is 10.8 Å². The normalized spacial score (nSPS) is 14.5. The highest BCUT2D eigenvalue weighted by Crippen LogP contribution is 2.55. The summed E-state index contributed by atoms with van der Waals surface area (Å²) in [6.07, 6.45) is 0. The molecule has 0 bridgehead atoms. The fourth-order valence-electron chi connectivity index (χ4n) is 11.4. The average Bonchev–Trinajstić information content (AvgIpc) is 3.85. The minimum atomic E-state index is -0.0587. The van der Waals surface area contributed by atoms with Gasteiger partial charge in [-0.05, 0) is 141 Å². The molecule has 0 N–H and O–H groups in total. The Morgan fingerprint density at radius 1 is 0.295 bits per heavy atom. The molecule has 0 unspecified atom stereocenters. The molecule has 1 heterocycles. The van der Waals surface area contributed by atoms with Crippen molar-refractivity contribution in [3.8, 4) is 55.6 Å². The molecule has 0 radical (unpaired) electrons. The van der Waals surface area contributed by atoms with Crippen LogP contribution in [0.15, 0.2) is 182 Å². The molecular weight excluding hydrogens is 753 g/mol. The smallest absolute Gasteiger partial charge is 0.0361 e. The van der Waals surface area contributed by atoms with Gasteiger partial charge in [0.05, 0.1) is 0 Å². The first-order valence-corrected chi connectivity index (χ1v) is 22.4. The Bertz CT molecular complexity index is 3630. The van der Waals surface area contributed by atoms with Crippen LogP contribution in [0.4, 0.5) is 0 Å². The molecule has 0 saturated carbocycles. The Kier molecular flexibility index (Phi) is 7.11. The van der Waals surface area contributed by atoms with E-state index in [4.69, 9.17) is 0 Å². The summed E-state index contributed by atoms with van der Waals surface area (Å²) in [5.74, 6) is 0. The van der Waals surface area contributed by atoms with Gasteiger partial charge in [-0.1, -0.05) is 179 Å². The van der Waals surface area contributed by atoms with E-state index in [9.17, 15) is 0 Å². The predicted molar refractivity (Wildman–Crippen MR) is 263 cm³/mol. The van der Waals surface area contributed by atoms with E-state index in [0.717, 1.165) is 0 Å². The van der Waals surface area contributed by atoms with Gasteiger partial charge in [0.2, 0.25) is 0 Å². The molecule has 0 saturated heterocycles. The van der Waals surface area contributed by atoms with Crippen molar-refractivity contribution in [3.05, 3.63) is 204 Å². The van der Waals surface area contributed by atoms with Crippen LogP contribution in [0.2, 0.25) is 0 Å². The third-order valence-corrected chi connectivity index (χ3v) is 15.6. The van der Waals surface area contributed by atoms with E-state index in [1.54, 1.807) is 0 Å². The number of hydrogen-bond donors (Lipinski definition) is 0. The number of thiophene rings is 1. The molecule has 2 aliphatic carbocycles. The van der Waals surface area contributed by atoms with E-state index in [2.05, 4.69) is 210 Å². The Balaban J connectivity index is 0.919. The van der Waals surface area contributed by atoms with Crippen molar-refractivity contribution in [1.82, 2.24) is 0 Å². The molecule has 2 aliphatic rings. The van der Waals surface area contributed by atoms with Crippen molar-refractivity contribution in [2.75, 3.05) is 0 Å². The second-order valence-corrected chi connectivity index (χ2v) is 19.5. The van der Waals surface area contributed by atoms with E-state index in [-0.39, 0.29) is 10.8 Å². The average molecular weight is 795 g/mol. The summed E-state index contributed by atoms with van der Waals surface area (Å²) in [7, 11) is 0. The molecule has 0 amide bonds. The molecule has 0 spiro atoms. The number of hydrogen-bond acceptors (Lipinski definition) is 1. The van der Waals surface area contributed by atoms with Crippen molar-refractivity contribution in [2.45, 2.75) is 38.5 Å². The monoisotopic (exact) mass is 794 g/mol. The lowest BCUT2D eigenvalue weighted by molar-refractivity contribution is 0.660. The van der Waals surface area contributed by atoms with Crippen LogP contribution in [0.1, 0.15) is 49.9 Å². The van der Waals surface area contributed by atoms with Gasteiger partial charge < -0.3 is 0 Å². The molecule has 0 atom stereocenters. The number of benzene rings is 10. The molecule has 61 heavy (non-hydrogen) atoms. The van der Waals surface area contributed by atoms with Gasteiger partial charge in [-0.25, -0.2) is 0 Å². The van der Waals surface area contributed by atoms with Gasteiger partial charge in [0.15, 0.2) is 0 Å². The standard InChI is InChI=1S/C60H42S/c1-59(2)51-22-12-10-19-45(51)58-46(20-13-23-52(58)59)57-43-17-7-5-15-41(43)56(42-16-6-8-18-44(42)57)36-26-24-35(25-27-36)37-28-29-38-31-48-49-33-47-40-14-9-11-21-50(40)60(3,4)53(47)34-55(49)61-54(48)32-39(38)30-37/h5-34H,1-4H3. The summed E-state index contributed by atoms with van der Waals surface area (Å²) in [5, 5.41) is 10.4. The molecule has 0 aliphatic heterocycles. The van der Waals surface area contributed by atoms with Crippen LogP contribution in [0.5, 0.6) is 0 Å². The van der Waals surface area contributed by atoms with Crippen molar-refractivity contribution >= 4 is 63.8 Å². The van der Waals surface area contributed by atoms with Gasteiger partial charge in [-0.2, -0.15) is 0 Å². The Hall–Kier alpha value is -6.80. The minimum Gasteiger partial charge on any atom is -0.135 e. The first-order valence-electron chi connectivity index (χ1n) is 21.6. The molecule has 1 heteroatoms. The molecule has 0 nitrogen and oxygen atoms in total. The largest absolute Gasteiger partial charge is 0.135 e. The van der Waals surface area contributed by atoms with Crippen LogP contribution in [0.3, 0.4) is 0 Å². The molecule has 288 valence electrons. The third-order valence-electron chi connectivity index (χ3n) is 14.4. The maximum absolute atomic E-state index is 2.47. The predicted octanol–water partition coefficient (Wildman–Crippen LogP) is 17.1. The van der Waals surface area contributed by atoms with E-state index < -0.39 is 0 Å². The highest BCUT2D eigenvalue weighted by molar-refractivity contribution is 7.25. The van der Waals surface area contributed by atoms with Crippen LogP contribution in [-0.4, -0.2) is 0 Å². The second kappa shape index (κ2) is 12.4. The van der Waals surface area contributed by atoms with Crippen molar-refractivity contribution in [3.63, 3.8) is 0 Å². The molecule has 11 aromatic rings. The summed E-state index contributed by atoms with van der Waals surface area (Å²) in [4.78, 5) is 0. The number of fused-ring (bicyclic) bond motifs is 12. The quantitative estimate of drug-likeness (QED) is 0.156. The molecular formula is C60H42S. The fraction of sp³-hybridized carbons (Fsp3) is 0.100. The summed E-state index contributed by atoms with van der Waals surface area (Å²) >= 11 is 1.93. The van der Waals surface area contributed by atoms with Gasteiger partial charge in [0.25, 0.3) is 0 Å². The van der Waals surface area contributed by atoms with Crippen LogP contribution in [0, 0.1) is 0 Å². The lowest BCUT2D eigenvalue weighted by Gasteiger charge is -2.22. The Labute approximate surface area is 360 Å². The maximum atomic E-state index is 2.47. The fourth-order valence-corrected chi connectivity index (χ4v) is 12.6. The molecule has 1 aromatic heterocycles. The lowest BCUT2D eigenvalue weighted by Crippen LogP contribution is -2.14. The van der Waals surface area contributed by atoms with E-state index >= 15 is 0 Å². The minimum absolute atomic E-state index is 0.00244. The molecule has 13 rings (SSSR count). The SMILES string of the molecule is CC1(C)c2ccccc2-c2cc3c(cc21)sc1cc2cc(-c4ccc(-c5c6ccccc6c(-c6cccc7c6-c6ccccc6C7(C)C)c6ccccc56)cc4)ccc2cc13. The lowest BCUT2D eigenvalue weighted by atomic mass is 9.80. The van der Waals surface area contributed by atoms with Crippen LogP contribution in [0.25, 0.3) is 108 Å². The third kappa shape index (κ3) is 4.81. The maximum Gasteiger partial charge on any atom is 0.0361 e. The molecule has 10 aromatic carbocycles. The van der Waals surface area contributed by atoms with Crippen molar-refractivity contribution < 1.29 is 0 Å². The van der Waals surface area contributed by atoms with E-state index in [1.165, 1.54) is 130 Å². The second-order valence-electron chi connectivity index (χ2n) is 18.4. The van der Waals surface area contributed by atoms with Crippen LogP contribution < -0.4 is 0 Å². The first-order chi connectivity index (χ1) is 29.8. The zero-order valence-corrected chi connectivity index (χ0v) is 35.5. The van der Waals surface area contributed by atoms with Gasteiger partial charge in [-0.3, -0.25) is 0 Å². The summed E-state index contributed by atoms with van der Waals surface area (Å²) in [6.45, 7) is 9.48. The van der Waals surface area contributed by atoms with Crippen molar-refractivity contribution in [2.24, 2.45) is 0 Å². The van der Waals surface area contributed by atoms with Gasteiger partial charge >= 0.3 is 0 Å². The van der Waals surface area contributed by atoms with Gasteiger partial charge in [0.1, 0.15) is 0 Å². The summed E-state index contributed by atoms with van der Waals surface area (Å²) < 4.78 is 2.72. The Morgan fingerprint density at radius 2 is 0.820 bits per heavy atom. The summed E-state index contributed by atoms with van der Waals surface area (Å²) in [6, 6.07) is 69.1. The van der Waals surface area contributed by atoms with Gasteiger partial charge in [0, 0.05) is 31.0 Å². The zero-order chi connectivity index (χ0) is 40.8. The molecule has 0 fully saturated rings.